The molecule has 3 N–H and O–H groups in total. The van der Waals surface area contributed by atoms with Gasteiger partial charge in [-0.3, -0.25) is 0 Å². The molecule has 1 aliphatic rings. The van der Waals surface area contributed by atoms with E-state index >= 15 is 0 Å². The van der Waals surface area contributed by atoms with Crippen molar-refractivity contribution in [2.75, 3.05) is 6.54 Å². The zero-order chi connectivity index (χ0) is 12.6. The minimum Gasteiger partial charge on any atom is -0.382 e. The molecule has 0 saturated heterocycles. The minimum atomic E-state index is -1.14. The molecule has 0 amide bonds. The van der Waals surface area contributed by atoms with E-state index in [1.54, 1.807) is 12.2 Å². The zero-order valence-corrected chi connectivity index (χ0v) is 9.77. The van der Waals surface area contributed by atoms with E-state index in [4.69, 9.17) is 5.73 Å². The van der Waals surface area contributed by atoms with Gasteiger partial charge in [-0.15, -0.1) is 0 Å². The van der Waals surface area contributed by atoms with Crippen LogP contribution >= 0.6 is 0 Å². The van der Waals surface area contributed by atoms with E-state index in [-0.39, 0.29) is 12.6 Å². The largest absolute Gasteiger partial charge is 0.382 e. The summed E-state index contributed by atoms with van der Waals surface area (Å²) in [5.41, 5.74) is 6.13. The normalized spacial score (nSPS) is 26.9. The molecule has 2 atom stereocenters. The average Bonchev–Trinajstić information content (AvgIpc) is 2.82. The van der Waals surface area contributed by atoms with Gasteiger partial charge in [-0.2, -0.15) is 15.0 Å². The molecule has 0 bridgehead atoms. The monoisotopic (exact) mass is 242 g/mol. The summed E-state index contributed by atoms with van der Waals surface area (Å²) in [4.78, 5) is 1.53. The Morgan fingerprint density at radius 2 is 1.89 bits per heavy atom. The lowest BCUT2D eigenvalue weighted by Gasteiger charge is -2.31. The summed E-state index contributed by atoms with van der Waals surface area (Å²) >= 11 is 0. The smallest absolute Gasteiger partial charge is 0.123 e. The maximum atomic E-state index is 10.5. The van der Waals surface area contributed by atoms with E-state index in [2.05, 4.69) is 10.2 Å². The summed E-state index contributed by atoms with van der Waals surface area (Å²) in [5, 5.41) is 19.2. The zero-order valence-electron chi connectivity index (χ0n) is 9.77. The number of allylic oxidation sites excluding steroid dienone is 2. The highest BCUT2D eigenvalue weighted by molar-refractivity contribution is 5.73. The van der Waals surface area contributed by atoms with E-state index in [1.807, 2.05) is 36.4 Å². The van der Waals surface area contributed by atoms with Crippen LogP contribution in [0.4, 0.5) is 0 Å². The average molecular weight is 242 g/mol. The van der Waals surface area contributed by atoms with Crippen molar-refractivity contribution in [3.05, 3.63) is 48.6 Å². The van der Waals surface area contributed by atoms with Gasteiger partial charge in [-0.25, -0.2) is 0 Å². The minimum absolute atomic E-state index is 0.121. The number of aromatic nitrogens is 3. The molecule has 3 rings (SSSR count). The van der Waals surface area contributed by atoms with Crippen molar-refractivity contribution in [1.29, 1.82) is 0 Å². The van der Waals surface area contributed by atoms with Crippen LogP contribution in [0.3, 0.4) is 0 Å². The number of hydrogen-bond acceptors (Lipinski definition) is 4. The van der Waals surface area contributed by atoms with Crippen molar-refractivity contribution < 1.29 is 5.11 Å². The lowest BCUT2D eigenvalue weighted by molar-refractivity contribution is 0.0498. The molecule has 2 aromatic rings. The summed E-state index contributed by atoms with van der Waals surface area (Å²) in [6.07, 6.45) is 7.19. The van der Waals surface area contributed by atoms with Crippen molar-refractivity contribution in [3.8, 4) is 0 Å². The predicted octanol–water partition coefficient (Wildman–Crippen LogP) is 0.788. The van der Waals surface area contributed by atoms with Crippen LogP contribution in [-0.4, -0.2) is 32.2 Å². The van der Waals surface area contributed by atoms with Crippen molar-refractivity contribution in [3.63, 3.8) is 0 Å². The third-order valence-electron chi connectivity index (χ3n) is 3.18. The van der Waals surface area contributed by atoms with Gasteiger partial charge in [0.05, 0.1) is 0 Å². The first-order chi connectivity index (χ1) is 8.73. The van der Waals surface area contributed by atoms with Crippen molar-refractivity contribution >= 4 is 11.0 Å². The Labute approximate surface area is 104 Å². The fourth-order valence-corrected chi connectivity index (χ4v) is 2.12. The number of rotatable bonds is 2. The van der Waals surface area contributed by atoms with Gasteiger partial charge in [0.15, 0.2) is 0 Å². The van der Waals surface area contributed by atoms with Crippen LogP contribution in [-0.2, 0) is 0 Å². The number of aliphatic hydroxyl groups is 1. The lowest BCUT2D eigenvalue weighted by Crippen LogP contribution is -2.45. The summed E-state index contributed by atoms with van der Waals surface area (Å²) < 4.78 is 0. The first-order valence-corrected chi connectivity index (χ1v) is 5.83. The highest BCUT2D eigenvalue weighted by atomic mass is 16.3. The molecule has 0 saturated carbocycles. The summed E-state index contributed by atoms with van der Waals surface area (Å²) in [5.74, 6) is 0. The highest BCUT2D eigenvalue weighted by Crippen LogP contribution is 2.27. The van der Waals surface area contributed by atoms with Crippen LogP contribution in [0, 0.1) is 0 Å². The molecular weight excluding hydrogens is 228 g/mol. The van der Waals surface area contributed by atoms with Crippen LogP contribution in [0.2, 0.25) is 0 Å². The van der Waals surface area contributed by atoms with E-state index in [0.717, 1.165) is 11.0 Å². The van der Waals surface area contributed by atoms with Gasteiger partial charge in [-0.1, -0.05) is 30.4 Å². The molecule has 1 aliphatic carbocycles. The fourth-order valence-electron chi connectivity index (χ4n) is 2.12. The van der Waals surface area contributed by atoms with Gasteiger partial charge in [-0.05, 0) is 18.2 Å². The molecule has 92 valence electrons. The second-order valence-electron chi connectivity index (χ2n) is 4.39. The molecule has 0 spiro atoms. The topological polar surface area (TPSA) is 77.0 Å². The number of nitrogens with two attached hydrogens (primary N) is 1. The molecule has 0 radical (unpaired) electrons. The Bertz CT molecular complexity index is 598. The number of nitrogens with zero attached hydrogens (tertiary/aromatic N) is 3. The Balaban J connectivity index is 2.08. The van der Waals surface area contributed by atoms with Crippen molar-refractivity contribution in [2.45, 2.75) is 11.6 Å². The molecule has 5 heteroatoms. The van der Waals surface area contributed by atoms with Gasteiger partial charge < -0.3 is 10.8 Å². The van der Waals surface area contributed by atoms with Crippen molar-refractivity contribution in [2.24, 2.45) is 5.73 Å². The Morgan fingerprint density at radius 3 is 2.50 bits per heavy atom. The lowest BCUT2D eigenvalue weighted by atomic mass is 9.90. The van der Waals surface area contributed by atoms with E-state index in [1.165, 1.54) is 4.80 Å². The second-order valence-corrected chi connectivity index (χ2v) is 4.39. The molecule has 0 aliphatic heterocycles. The van der Waals surface area contributed by atoms with Gasteiger partial charge in [0.25, 0.3) is 0 Å². The van der Waals surface area contributed by atoms with Gasteiger partial charge >= 0.3 is 0 Å². The van der Waals surface area contributed by atoms with E-state index in [9.17, 15) is 5.11 Å². The third kappa shape index (κ3) is 1.64. The molecular formula is C13H14N4O. The van der Waals surface area contributed by atoms with Gasteiger partial charge in [0.2, 0.25) is 0 Å². The maximum Gasteiger partial charge on any atom is 0.123 e. The van der Waals surface area contributed by atoms with Crippen LogP contribution in [0.15, 0.2) is 48.6 Å². The van der Waals surface area contributed by atoms with Crippen LogP contribution in [0.25, 0.3) is 11.0 Å². The first kappa shape index (κ1) is 11.1. The molecule has 1 aromatic carbocycles. The molecule has 2 unspecified atom stereocenters. The van der Waals surface area contributed by atoms with Gasteiger partial charge in [0.1, 0.15) is 22.7 Å². The number of hydrogen-bond donors (Lipinski definition) is 2. The van der Waals surface area contributed by atoms with Crippen LogP contribution in [0.5, 0.6) is 0 Å². The van der Waals surface area contributed by atoms with Crippen LogP contribution < -0.4 is 5.73 Å². The van der Waals surface area contributed by atoms with E-state index < -0.39 is 5.60 Å². The quantitative estimate of drug-likeness (QED) is 0.816. The standard InChI is InChI=1S/C13H14N4O/c14-9-13(18)8-4-3-7-12(13)17-15-10-5-1-2-6-11(10)16-17/h1-8,12,18H,9,14H2. The molecule has 1 aromatic heterocycles. The molecule has 5 nitrogen and oxygen atoms in total. The molecule has 1 heterocycles. The van der Waals surface area contributed by atoms with Gasteiger partial charge in [0, 0.05) is 6.54 Å². The van der Waals surface area contributed by atoms with Crippen LogP contribution in [0.1, 0.15) is 6.04 Å². The SMILES string of the molecule is NCC1(O)C=CC=CC1n1nc2ccccc2n1. The third-order valence-corrected chi connectivity index (χ3v) is 3.18. The number of fused-ring (bicyclic) bond motifs is 1. The Kier molecular flexibility index (Phi) is 2.50. The Morgan fingerprint density at radius 1 is 1.22 bits per heavy atom. The summed E-state index contributed by atoms with van der Waals surface area (Å²) in [6, 6.07) is 7.23. The number of benzene rings is 1. The maximum absolute atomic E-state index is 10.5. The summed E-state index contributed by atoms with van der Waals surface area (Å²) in [6.45, 7) is 0.121. The predicted molar refractivity (Wildman–Crippen MR) is 68.8 cm³/mol. The Hall–Kier alpha value is -1.98. The first-order valence-electron chi connectivity index (χ1n) is 5.83. The molecule has 18 heavy (non-hydrogen) atoms. The second kappa shape index (κ2) is 4.04. The van der Waals surface area contributed by atoms with Crippen molar-refractivity contribution in [1.82, 2.24) is 15.0 Å². The molecule has 0 fully saturated rings. The highest BCUT2D eigenvalue weighted by Gasteiger charge is 2.35. The summed E-state index contributed by atoms with van der Waals surface area (Å²) in [7, 11) is 0. The fraction of sp³-hybridized carbons (Fsp3) is 0.231. The van der Waals surface area contributed by atoms with E-state index in [0.29, 0.717) is 0 Å².